The molecule has 0 N–H and O–H groups in total. The van der Waals surface area contributed by atoms with Gasteiger partial charge >= 0.3 is 0 Å². The summed E-state index contributed by atoms with van der Waals surface area (Å²) < 4.78 is 0. The van der Waals surface area contributed by atoms with Gasteiger partial charge in [0.05, 0.1) is 14.3 Å². The first-order valence-electron chi connectivity index (χ1n) is 9.95. The van der Waals surface area contributed by atoms with Gasteiger partial charge in [-0.05, 0) is 70.7 Å². The van der Waals surface area contributed by atoms with E-state index < -0.39 is 7.92 Å². The van der Waals surface area contributed by atoms with Crippen LogP contribution in [0.2, 0.25) is 0 Å². The first-order chi connectivity index (χ1) is 13.9. The fourth-order valence-electron chi connectivity index (χ4n) is 4.05. The van der Waals surface area contributed by atoms with Crippen LogP contribution in [0.5, 0.6) is 0 Å². The molecule has 0 saturated carbocycles. The molecule has 2 aromatic rings. The second-order valence-electron chi connectivity index (χ2n) is 8.16. The van der Waals surface area contributed by atoms with Crippen molar-refractivity contribution in [2.75, 3.05) is 6.16 Å². The predicted molar refractivity (Wildman–Crippen MR) is 122 cm³/mol. The highest BCUT2D eigenvalue weighted by Gasteiger charge is 2.33. The van der Waals surface area contributed by atoms with Crippen LogP contribution in [0.1, 0.15) is 67.4 Å². The Labute approximate surface area is 179 Å². The Balaban J connectivity index is 2.58. The first-order valence-corrected chi connectivity index (χ1v) is 11.5. The quantitative estimate of drug-likeness (QED) is 0.412. The lowest BCUT2D eigenvalue weighted by atomic mass is 10.0. The van der Waals surface area contributed by atoms with Crippen molar-refractivity contribution in [1.29, 1.82) is 0 Å². The maximum Gasteiger partial charge on any atom is 0.193 e. The molecule has 0 atom stereocenters. The van der Waals surface area contributed by atoms with Crippen LogP contribution >= 0.6 is 7.92 Å². The van der Waals surface area contributed by atoms with Crippen LogP contribution in [0.15, 0.2) is 24.3 Å². The molecule has 30 heavy (non-hydrogen) atoms. The number of hydrogen-bond acceptors (Lipinski definition) is 4. The number of benzene rings is 2. The summed E-state index contributed by atoms with van der Waals surface area (Å²) in [4.78, 5) is 51.1. The number of aryl methyl sites for hydroxylation is 6. The molecule has 4 nitrogen and oxygen atoms in total. The number of ketones is 2. The highest BCUT2D eigenvalue weighted by atomic mass is 31.1. The lowest BCUT2D eigenvalue weighted by Gasteiger charge is -2.20. The van der Waals surface area contributed by atoms with Crippen molar-refractivity contribution in [3.05, 3.63) is 68.8 Å². The van der Waals surface area contributed by atoms with Crippen LogP contribution in [-0.4, -0.2) is 28.8 Å². The van der Waals surface area contributed by atoms with Crippen molar-refractivity contribution in [3.8, 4) is 0 Å². The van der Waals surface area contributed by atoms with Gasteiger partial charge < -0.3 is 0 Å². The maximum atomic E-state index is 13.6. The van der Waals surface area contributed by atoms with Gasteiger partial charge in [0.25, 0.3) is 0 Å². The van der Waals surface area contributed by atoms with Gasteiger partial charge in [0, 0.05) is 17.3 Å². The van der Waals surface area contributed by atoms with Crippen molar-refractivity contribution in [1.82, 2.24) is 0 Å². The molecule has 0 spiro atoms. The van der Waals surface area contributed by atoms with Crippen molar-refractivity contribution in [2.24, 2.45) is 0 Å². The molecule has 158 valence electrons. The van der Waals surface area contributed by atoms with Gasteiger partial charge in [-0.2, -0.15) is 0 Å². The first kappa shape index (κ1) is 23.8. The number of carbonyl (C=O) groups is 4. The molecule has 2 aromatic carbocycles. The maximum absolute atomic E-state index is 13.6. The van der Waals surface area contributed by atoms with Crippen LogP contribution in [0.4, 0.5) is 0 Å². The Morgan fingerprint density at radius 3 is 1.30 bits per heavy atom. The van der Waals surface area contributed by atoms with Crippen LogP contribution in [0, 0.1) is 41.5 Å². The average Bonchev–Trinajstić information content (AvgIpc) is 2.56. The summed E-state index contributed by atoms with van der Waals surface area (Å²) in [5.41, 5.74) is 5.72. The summed E-state index contributed by atoms with van der Waals surface area (Å²) in [6, 6.07) is 7.66. The van der Waals surface area contributed by atoms with Gasteiger partial charge in [0.2, 0.25) is 0 Å². The van der Waals surface area contributed by atoms with E-state index in [9.17, 15) is 19.2 Å². The Hall–Kier alpha value is -2.45. The van der Waals surface area contributed by atoms with Gasteiger partial charge in [-0.15, -0.1) is 0 Å². The summed E-state index contributed by atoms with van der Waals surface area (Å²) in [5, 5.41) is 0. The topological polar surface area (TPSA) is 68.3 Å². The van der Waals surface area contributed by atoms with Crippen molar-refractivity contribution < 1.29 is 19.2 Å². The third kappa shape index (κ3) is 5.37. The van der Waals surface area contributed by atoms with E-state index in [-0.39, 0.29) is 35.2 Å². The molecule has 0 aliphatic heterocycles. The molecule has 0 aliphatic rings. The normalized spacial score (nSPS) is 10.9. The highest BCUT2D eigenvalue weighted by molar-refractivity contribution is 7.91. The van der Waals surface area contributed by atoms with Crippen molar-refractivity contribution in [2.45, 2.75) is 54.9 Å². The Bertz CT molecular complexity index is 934. The van der Waals surface area contributed by atoms with Gasteiger partial charge in [-0.3, -0.25) is 19.2 Å². The second kappa shape index (κ2) is 9.57. The molecule has 0 heterocycles. The predicted octanol–water partition coefficient (Wildman–Crippen LogP) is 5.55. The zero-order chi connectivity index (χ0) is 22.7. The largest absolute Gasteiger partial charge is 0.300 e. The van der Waals surface area contributed by atoms with E-state index in [0.29, 0.717) is 11.1 Å². The monoisotopic (exact) mass is 424 g/mol. The molecule has 0 bridgehead atoms. The molecule has 0 aliphatic carbocycles. The Kier molecular flexibility index (Phi) is 7.60. The fraction of sp³-hybridized carbons (Fsp3) is 0.360. The second-order valence-corrected chi connectivity index (χ2v) is 10.1. The third-order valence-electron chi connectivity index (χ3n) is 5.05. The molecule has 0 radical (unpaired) electrons. The smallest absolute Gasteiger partial charge is 0.193 e. The molecule has 2 rings (SSSR count). The summed E-state index contributed by atoms with van der Waals surface area (Å²) >= 11 is 0. The van der Waals surface area contributed by atoms with E-state index in [4.69, 9.17) is 0 Å². The van der Waals surface area contributed by atoms with Crippen LogP contribution in [-0.2, 0) is 9.59 Å². The minimum absolute atomic E-state index is 0.202. The lowest BCUT2D eigenvalue weighted by Crippen LogP contribution is -2.18. The van der Waals surface area contributed by atoms with E-state index >= 15 is 0 Å². The van der Waals surface area contributed by atoms with Crippen LogP contribution < -0.4 is 0 Å². The average molecular weight is 424 g/mol. The van der Waals surface area contributed by atoms with Crippen molar-refractivity contribution >= 4 is 30.5 Å². The summed E-state index contributed by atoms with van der Waals surface area (Å²) in [5.74, 6) is -0.625. The van der Waals surface area contributed by atoms with E-state index in [2.05, 4.69) is 0 Å². The lowest BCUT2D eigenvalue weighted by molar-refractivity contribution is -0.124. The number of carbonyl (C=O) groups excluding carboxylic acids is 4. The minimum Gasteiger partial charge on any atom is -0.300 e. The molecule has 0 saturated heterocycles. The zero-order valence-corrected chi connectivity index (χ0v) is 19.7. The molecule has 0 aromatic heterocycles. The SMILES string of the molecule is CC(=O)CC(=O)CP(C(=O)c1c(C)cc(C)cc1C)C(=O)c1c(C)cc(C)cc1C. The van der Waals surface area contributed by atoms with Crippen LogP contribution in [0.25, 0.3) is 0 Å². The highest BCUT2D eigenvalue weighted by Crippen LogP contribution is 2.46. The van der Waals surface area contributed by atoms with Gasteiger partial charge in [0.1, 0.15) is 11.6 Å². The molecule has 0 amide bonds. The molecule has 0 unspecified atom stereocenters. The van der Waals surface area contributed by atoms with Crippen LogP contribution in [0.3, 0.4) is 0 Å². The number of hydrogen-bond donors (Lipinski definition) is 0. The van der Waals surface area contributed by atoms with Crippen molar-refractivity contribution in [3.63, 3.8) is 0 Å². The van der Waals surface area contributed by atoms with E-state index in [1.807, 2.05) is 65.8 Å². The number of rotatable bonds is 8. The standard InChI is InChI=1S/C25H29O4P/c1-14-8-16(3)22(17(4)9-14)24(28)30(13-21(27)12-20(7)26)25(29)23-18(5)10-15(2)11-19(23)6/h8-11H,12-13H2,1-7H3. The Morgan fingerprint density at radius 1 is 0.667 bits per heavy atom. The summed E-state index contributed by atoms with van der Waals surface area (Å²) in [7, 11) is -1.97. The van der Waals surface area contributed by atoms with E-state index in [0.717, 1.165) is 33.4 Å². The van der Waals surface area contributed by atoms with Gasteiger partial charge in [-0.1, -0.05) is 35.4 Å². The molecular formula is C25H29O4P. The van der Waals surface area contributed by atoms with Gasteiger partial charge in [-0.25, -0.2) is 0 Å². The molecular weight excluding hydrogens is 395 g/mol. The molecule has 0 fully saturated rings. The third-order valence-corrected chi connectivity index (χ3v) is 7.15. The van der Waals surface area contributed by atoms with E-state index in [1.54, 1.807) is 0 Å². The molecule has 5 heteroatoms. The number of Topliss-reactive ketones (excluding diaryl/α,β-unsaturated/α-hetero) is 2. The Morgan fingerprint density at radius 2 is 1.00 bits per heavy atom. The minimum atomic E-state index is -1.97. The zero-order valence-electron chi connectivity index (χ0n) is 18.8. The van der Waals surface area contributed by atoms with Gasteiger partial charge in [0.15, 0.2) is 11.0 Å². The summed E-state index contributed by atoms with van der Waals surface area (Å²) in [6.07, 6.45) is -0.455. The summed E-state index contributed by atoms with van der Waals surface area (Å²) in [6.45, 7) is 12.7. The van der Waals surface area contributed by atoms with E-state index in [1.165, 1.54) is 6.92 Å². The fourth-order valence-corrected chi connectivity index (χ4v) is 6.23.